The largest absolute Gasteiger partial charge is 0.433 e. The number of alkyl halides is 3. The van der Waals surface area contributed by atoms with Crippen LogP contribution in [0.3, 0.4) is 0 Å². The highest BCUT2D eigenvalue weighted by atomic mass is 32.2. The number of halogens is 3. The van der Waals surface area contributed by atoms with Gasteiger partial charge in [0.25, 0.3) is 0 Å². The number of hydrogen-bond acceptors (Lipinski definition) is 7. The minimum Gasteiger partial charge on any atom is -0.384 e. The van der Waals surface area contributed by atoms with Gasteiger partial charge in [0, 0.05) is 7.05 Å². The third kappa shape index (κ3) is 3.13. The van der Waals surface area contributed by atoms with Gasteiger partial charge in [-0.05, 0) is 18.2 Å². The van der Waals surface area contributed by atoms with Gasteiger partial charge in [-0.15, -0.1) is 0 Å². The average molecular weight is 410 g/mol. The van der Waals surface area contributed by atoms with Crippen LogP contribution in [0.1, 0.15) is 18.3 Å². The number of imidazole rings is 1. The lowest BCUT2D eigenvalue weighted by molar-refractivity contribution is -0.141. The monoisotopic (exact) mass is 410 g/mol. The smallest absolute Gasteiger partial charge is 0.384 e. The van der Waals surface area contributed by atoms with E-state index in [2.05, 4.69) is 15.0 Å². The van der Waals surface area contributed by atoms with Crippen molar-refractivity contribution in [1.82, 2.24) is 19.5 Å². The molecule has 3 aromatic rings. The zero-order valence-corrected chi connectivity index (χ0v) is 15.4. The molecule has 8 nitrogen and oxygen atoms in total. The molecule has 0 aliphatic carbocycles. The number of hydrogen-bond donors (Lipinski definition) is 1. The van der Waals surface area contributed by atoms with Gasteiger partial charge in [0.2, 0.25) is 0 Å². The van der Waals surface area contributed by atoms with Gasteiger partial charge in [-0.2, -0.15) is 18.4 Å². The molecule has 0 radical (unpaired) electrons. The molecule has 3 aromatic heterocycles. The molecule has 0 aromatic carbocycles. The third-order valence-corrected chi connectivity index (χ3v) is 5.81. The molecule has 0 atom stereocenters. The van der Waals surface area contributed by atoms with Crippen molar-refractivity contribution in [2.45, 2.75) is 18.0 Å². The minimum atomic E-state index is -4.77. The number of nitrogens with zero attached hydrogens (tertiary/aromatic N) is 5. The standard InChI is InChI=1S/C16H13F3N6O2S/c1-3-28(26,27)10-4-5-12(21)24-13(10)15-23-8-6-11(16(17,18)19)22-9(7-20)14(8)25(15)2/h4-6H,3H2,1-2H3,(H2,21,24). The first-order valence-electron chi connectivity index (χ1n) is 7.84. The summed E-state index contributed by atoms with van der Waals surface area (Å²) in [6.45, 7) is 1.44. The summed E-state index contributed by atoms with van der Waals surface area (Å²) in [6, 6.07) is 4.88. The molecule has 0 spiro atoms. The average Bonchev–Trinajstić information content (AvgIpc) is 2.96. The van der Waals surface area contributed by atoms with Crippen LogP contribution in [-0.4, -0.2) is 33.7 Å². The number of nitrogens with two attached hydrogens (primary N) is 1. The number of sulfone groups is 1. The van der Waals surface area contributed by atoms with Crippen LogP contribution in [0.25, 0.3) is 22.6 Å². The molecule has 12 heteroatoms. The minimum absolute atomic E-state index is 0.00622. The fraction of sp³-hybridized carbons (Fsp3) is 0.250. The maximum Gasteiger partial charge on any atom is 0.433 e. The van der Waals surface area contributed by atoms with E-state index in [1.54, 1.807) is 6.07 Å². The molecule has 0 unspecified atom stereocenters. The number of pyridine rings is 2. The van der Waals surface area contributed by atoms with E-state index in [1.807, 2.05) is 0 Å². The second-order valence-corrected chi connectivity index (χ2v) is 8.06. The van der Waals surface area contributed by atoms with E-state index < -0.39 is 27.4 Å². The quantitative estimate of drug-likeness (QED) is 0.702. The topological polar surface area (TPSA) is 128 Å². The summed E-state index contributed by atoms with van der Waals surface area (Å²) in [4.78, 5) is 11.3. The van der Waals surface area contributed by atoms with Crippen LogP contribution in [-0.2, 0) is 23.1 Å². The highest BCUT2D eigenvalue weighted by Crippen LogP contribution is 2.34. The lowest BCUT2D eigenvalue weighted by Gasteiger charge is -2.09. The first-order chi connectivity index (χ1) is 13.0. The Hall–Kier alpha value is -3.20. The van der Waals surface area contributed by atoms with Crippen LogP contribution >= 0.6 is 0 Å². The zero-order valence-electron chi connectivity index (χ0n) is 14.6. The van der Waals surface area contributed by atoms with Gasteiger partial charge in [0.05, 0.1) is 16.2 Å². The molecule has 3 rings (SSSR count). The number of fused-ring (bicyclic) bond motifs is 1. The number of aryl methyl sites for hydroxylation is 1. The molecule has 0 saturated heterocycles. The molecule has 0 amide bonds. The second kappa shape index (κ2) is 6.45. The second-order valence-electron chi connectivity index (χ2n) is 5.81. The SMILES string of the molecule is CCS(=O)(=O)c1ccc(N)nc1-c1nc2cc(C(F)(F)F)nc(C#N)c2n1C. The number of aromatic nitrogens is 4. The van der Waals surface area contributed by atoms with Crippen molar-refractivity contribution in [3.05, 3.63) is 29.6 Å². The zero-order chi connectivity index (χ0) is 20.9. The van der Waals surface area contributed by atoms with Crippen molar-refractivity contribution in [2.24, 2.45) is 7.05 Å². The molecule has 0 fully saturated rings. The highest BCUT2D eigenvalue weighted by molar-refractivity contribution is 7.91. The Labute approximate surface area is 157 Å². The predicted octanol–water partition coefficient (Wildman–Crippen LogP) is 2.30. The van der Waals surface area contributed by atoms with Crippen LogP contribution in [0.5, 0.6) is 0 Å². The first-order valence-corrected chi connectivity index (χ1v) is 9.49. The van der Waals surface area contributed by atoms with Gasteiger partial charge < -0.3 is 10.3 Å². The van der Waals surface area contributed by atoms with Crippen molar-refractivity contribution in [3.8, 4) is 17.6 Å². The number of nitrogen functional groups attached to an aromatic ring is 1. The molecular weight excluding hydrogens is 397 g/mol. The normalized spacial score (nSPS) is 12.3. The van der Waals surface area contributed by atoms with Crippen LogP contribution in [0, 0.1) is 11.3 Å². The Morgan fingerprint density at radius 1 is 1.25 bits per heavy atom. The summed E-state index contributed by atoms with van der Waals surface area (Å²) in [6.07, 6.45) is -4.77. The van der Waals surface area contributed by atoms with Crippen LogP contribution in [0.4, 0.5) is 19.0 Å². The summed E-state index contributed by atoms with van der Waals surface area (Å²) >= 11 is 0. The van der Waals surface area contributed by atoms with E-state index in [0.717, 1.165) is 0 Å². The summed E-state index contributed by atoms with van der Waals surface area (Å²) in [5.41, 5.74) is 3.65. The Bertz CT molecular complexity index is 1240. The Kier molecular flexibility index (Phi) is 4.50. The Balaban J connectivity index is 2.40. The molecule has 28 heavy (non-hydrogen) atoms. The van der Waals surface area contributed by atoms with E-state index >= 15 is 0 Å². The van der Waals surface area contributed by atoms with Gasteiger partial charge in [-0.3, -0.25) is 0 Å². The summed E-state index contributed by atoms with van der Waals surface area (Å²) < 4.78 is 65.3. The summed E-state index contributed by atoms with van der Waals surface area (Å²) in [5, 5.41) is 9.24. The van der Waals surface area contributed by atoms with Crippen molar-refractivity contribution >= 4 is 26.7 Å². The molecular formula is C16H13F3N6O2S. The van der Waals surface area contributed by atoms with Crippen molar-refractivity contribution in [1.29, 1.82) is 5.26 Å². The summed E-state index contributed by atoms with van der Waals surface area (Å²) in [5.74, 6) is -0.266. The maximum absolute atomic E-state index is 13.1. The van der Waals surface area contributed by atoms with Gasteiger partial charge in [-0.1, -0.05) is 6.92 Å². The molecule has 0 bridgehead atoms. The molecule has 0 saturated carbocycles. The van der Waals surface area contributed by atoms with E-state index in [4.69, 9.17) is 5.73 Å². The predicted molar refractivity (Wildman–Crippen MR) is 93.6 cm³/mol. The third-order valence-electron chi connectivity index (χ3n) is 4.06. The fourth-order valence-corrected chi connectivity index (χ4v) is 3.72. The fourth-order valence-electron chi connectivity index (χ4n) is 2.70. The van der Waals surface area contributed by atoms with E-state index in [1.165, 1.54) is 30.7 Å². The Morgan fingerprint density at radius 3 is 2.50 bits per heavy atom. The lowest BCUT2D eigenvalue weighted by Crippen LogP contribution is -2.10. The van der Waals surface area contributed by atoms with E-state index in [9.17, 15) is 26.9 Å². The first kappa shape index (κ1) is 19.6. The van der Waals surface area contributed by atoms with Crippen LogP contribution < -0.4 is 5.73 Å². The Morgan fingerprint density at radius 2 is 1.93 bits per heavy atom. The number of rotatable bonds is 3. The van der Waals surface area contributed by atoms with Gasteiger partial charge in [0.1, 0.15) is 28.8 Å². The molecule has 2 N–H and O–H groups in total. The highest BCUT2D eigenvalue weighted by Gasteiger charge is 2.34. The van der Waals surface area contributed by atoms with Crippen molar-refractivity contribution in [3.63, 3.8) is 0 Å². The molecule has 0 aliphatic heterocycles. The molecule has 0 aliphatic rings. The van der Waals surface area contributed by atoms with Crippen molar-refractivity contribution in [2.75, 3.05) is 11.5 Å². The van der Waals surface area contributed by atoms with Gasteiger partial charge in [0.15, 0.2) is 21.4 Å². The molecule has 3 heterocycles. The maximum atomic E-state index is 13.1. The molecule has 146 valence electrons. The number of nitriles is 1. The number of anilines is 1. The van der Waals surface area contributed by atoms with E-state index in [0.29, 0.717) is 6.07 Å². The van der Waals surface area contributed by atoms with Crippen molar-refractivity contribution < 1.29 is 21.6 Å². The van der Waals surface area contributed by atoms with Gasteiger partial charge in [-0.25, -0.2) is 23.4 Å². The summed E-state index contributed by atoms with van der Waals surface area (Å²) in [7, 11) is -2.30. The van der Waals surface area contributed by atoms with Gasteiger partial charge >= 0.3 is 6.18 Å². The van der Waals surface area contributed by atoms with E-state index in [-0.39, 0.29) is 39.0 Å². The van der Waals surface area contributed by atoms with Crippen LogP contribution in [0.2, 0.25) is 0 Å². The lowest BCUT2D eigenvalue weighted by atomic mass is 10.2. The van der Waals surface area contributed by atoms with Crippen LogP contribution in [0.15, 0.2) is 23.1 Å².